The summed E-state index contributed by atoms with van der Waals surface area (Å²) in [6.07, 6.45) is 3.80. The molecule has 1 aliphatic heterocycles. The Morgan fingerprint density at radius 1 is 1.28 bits per heavy atom. The number of nitro benzene ring substituents is 1. The lowest BCUT2D eigenvalue weighted by atomic mass is 9.96. The lowest BCUT2D eigenvalue weighted by Crippen LogP contribution is -2.31. The van der Waals surface area contributed by atoms with E-state index in [1.165, 1.54) is 12.1 Å². The van der Waals surface area contributed by atoms with Gasteiger partial charge in [0.15, 0.2) is 5.69 Å². The van der Waals surface area contributed by atoms with Gasteiger partial charge in [0.25, 0.3) is 11.6 Å². The van der Waals surface area contributed by atoms with Gasteiger partial charge in [0.1, 0.15) is 11.1 Å². The minimum absolute atomic E-state index is 0.0511. The van der Waals surface area contributed by atoms with Crippen LogP contribution in [0.15, 0.2) is 28.8 Å². The Labute approximate surface area is 148 Å². The van der Waals surface area contributed by atoms with Crippen LogP contribution in [0.5, 0.6) is 0 Å². The van der Waals surface area contributed by atoms with E-state index in [4.69, 9.17) is 4.52 Å². The van der Waals surface area contributed by atoms with Gasteiger partial charge in [-0.1, -0.05) is 5.16 Å². The fraction of sp³-hybridized carbons (Fsp3) is 0.412. The van der Waals surface area contributed by atoms with Gasteiger partial charge in [-0.2, -0.15) is 0 Å². The van der Waals surface area contributed by atoms with Crippen molar-refractivity contribution in [2.24, 2.45) is 0 Å². The second-order valence-electron chi connectivity index (χ2n) is 6.21. The average molecular weight is 359 g/mol. The highest BCUT2D eigenvalue weighted by Crippen LogP contribution is 2.39. The van der Waals surface area contributed by atoms with Crippen molar-refractivity contribution in [3.8, 4) is 0 Å². The van der Waals surface area contributed by atoms with Gasteiger partial charge < -0.3 is 9.42 Å². The number of benzene rings is 1. The topological polar surface area (TPSA) is 89.5 Å². The Balaban J connectivity index is 1.60. The van der Waals surface area contributed by atoms with E-state index in [-0.39, 0.29) is 17.0 Å². The van der Waals surface area contributed by atoms with Crippen LogP contribution < -0.4 is 0 Å². The van der Waals surface area contributed by atoms with Crippen LogP contribution in [0, 0.1) is 10.1 Å². The standard InChI is InChI=1S/C17H17N3O4S/c21-16(15-13-3-1-2-4-14(13)24-18-15)19-9-10-25-17(19)11-5-7-12(8-6-11)20(22)23/h5-8,17H,1-4,9-10H2. The van der Waals surface area contributed by atoms with E-state index in [0.29, 0.717) is 12.2 Å². The first-order valence-electron chi connectivity index (χ1n) is 8.29. The number of hydrogen-bond donors (Lipinski definition) is 0. The molecule has 4 rings (SSSR count). The van der Waals surface area contributed by atoms with Crippen molar-refractivity contribution in [3.05, 3.63) is 57.0 Å². The fourth-order valence-electron chi connectivity index (χ4n) is 3.40. The molecule has 1 atom stereocenters. The zero-order chi connectivity index (χ0) is 17.4. The summed E-state index contributed by atoms with van der Waals surface area (Å²) in [5.41, 5.74) is 2.33. The van der Waals surface area contributed by atoms with E-state index in [9.17, 15) is 14.9 Å². The smallest absolute Gasteiger partial charge is 0.277 e. The van der Waals surface area contributed by atoms with Crippen LogP contribution in [0.1, 0.15) is 45.6 Å². The monoisotopic (exact) mass is 359 g/mol. The number of fused-ring (bicyclic) bond motifs is 1. The maximum atomic E-state index is 13.0. The lowest BCUT2D eigenvalue weighted by Gasteiger charge is -2.23. The Morgan fingerprint density at radius 3 is 2.80 bits per heavy atom. The van der Waals surface area contributed by atoms with E-state index < -0.39 is 4.92 Å². The van der Waals surface area contributed by atoms with E-state index >= 15 is 0 Å². The number of amides is 1. The molecule has 2 aliphatic rings. The number of aromatic nitrogens is 1. The molecule has 0 bridgehead atoms. The molecule has 0 saturated carbocycles. The number of rotatable bonds is 3. The molecule has 2 heterocycles. The highest BCUT2D eigenvalue weighted by atomic mass is 32.2. The van der Waals surface area contributed by atoms with Crippen LogP contribution >= 0.6 is 11.8 Å². The predicted molar refractivity (Wildman–Crippen MR) is 92.5 cm³/mol. The van der Waals surface area contributed by atoms with Crippen LogP contribution in [-0.4, -0.2) is 33.2 Å². The summed E-state index contributed by atoms with van der Waals surface area (Å²) in [6.45, 7) is 0.632. The number of nitrogens with zero attached hydrogens (tertiary/aromatic N) is 3. The van der Waals surface area contributed by atoms with Gasteiger partial charge in [0.05, 0.1) is 4.92 Å². The third-order valence-electron chi connectivity index (χ3n) is 4.69. The third-order valence-corrected chi connectivity index (χ3v) is 5.95. The molecule has 2 aromatic rings. The van der Waals surface area contributed by atoms with E-state index in [1.54, 1.807) is 28.8 Å². The zero-order valence-electron chi connectivity index (χ0n) is 13.5. The largest absolute Gasteiger partial charge is 0.360 e. The second kappa shape index (κ2) is 6.51. The zero-order valence-corrected chi connectivity index (χ0v) is 14.3. The van der Waals surface area contributed by atoms with Crippen molar-refractivity contribution in [1.29, 1.82) is 0 Å². The van der Waals surface area contributed by atoms with Gasteiger partial charge in [0.2, 0.25) is 0 Å². The molecular weight excluding hydrogens is 342 g/mol. The first-order chi connectivity index (χ1) is 12.1. The lowest BCUT2D eigenvalue weighted by molar-refractivity contribution is -0.384. The number of hydrogen-bond acceptors (Lipinski definition) is 6. The summed E-state index contributed by atoms with van der Waals surface area (Å²) in [6, 6.07) is 6.41. The molecule has 1 unspecified atom stereocenters. The molecule has 7 nitrogen and oxygen atoms in total. The number of thioether (sulfide) groups is 1. The minimum Gasteiger partial charge on any atom is -0.360 e. The molecule has 130 valence electrons. The fourth-order valence-corrected chi connectivity index (χ4v) is 4.66. The maximum Gasteiger partial charge on any atom is 0.277 e. The SMILES string of the molecule is O=C(c1noc2c1CCCC2)N1CCSC1c1ccc([N+](=O)[O-])cc1. The van der Waals surface area contributed by atoms with E-state index in [1.807, 2.05) is 0 Å². The molecule has 1 aromatic carbocycles. The van der Waals surface area contributed by atoms with Gasteiger partial charge in [0, 0.05) is 36.4 Å². The Hall–Kier alpha value is -2.35. The molecule has 0 radical (unpaired) electrons. The van der Waals surface area contributed by atoms with Gasteiger partial charge in [-0.25, -0.2) is 0 Å². The van der Waals surface area contributed by atoms with Crippen LogP contribution in [-0.2, 0) is 12.8 Å². The van der Waals surface area contributed by atoms with Crippen molar-refractivity contribution in [1.82, 2.24) is 10.1 Å². The molecule has 25 heavy (non-hydrogen) atoms. The van der Waals surface area contributed by atoms with Crippen molar-refractivity contribution in [2.45, 2.75) is 31.1 Å². The number of aryl methyl sites for hydroxylation is 1. The molecular formula is C17H17N3O4S. The summed E-state index contributed by atoms with van der Waals surface area (Å²) in [5, 5.41) is 14.7. The molecule has 1 fully saturated rings. The molecule has 1 amide bonds. The van der Waals surface area contributed by atoms with Crippen molar-refractivity contribution in [2.75, 3.05) is 12.3 Å². The van der Waals surface area contributed by atoms with E-state index in [2.05, 4.69) is 5.16 Å². The van der Waals surface area contributed by atoms with Crippen LogP contribution in [0.2, 0.25) is 0 Å². The first kappa shape index (κ1) is 16.1. The number of non-ortho nitro benzene ring substituents is 1. The molecule has 8 heteroatoms. The molecule has 1 aromatic heterocycles. The summed E-state index contributed by atoms with van der Waals surface area (Å²) in [5.74, 6) is 1.56. The normalized spacial score (nSPS) is 19.7. The predicted octanol–water partition coefficient (Wildman–Crippen LogP) is 3.35. The van der Waals surface area contributed by atoms with Crippen LogP contribution in [0.25, 0.3) is 0 Å². The van der Waals surface area contributed by atoms with Gasteiger partial charge in [-0.3, -0.25) is 14.9 Å². The van der Waals surface area contributed by atoms with Gasteiger partial charge in [-0.05, 0) is 37.0 Å². The maximum absolute atomic E-state index is 13.0. The average Bonchev–Trinajstić information content (AvgIpc) is 3.28. The molecule has 0 N–H and O–H groups in total. The molecule has 1 saturated heterocycles. The summed E-state index contributed by atoms with van der Waals surface area (Å²) in [4.78, 5) is 25.2. The summed E-state index contributed by atoms with van der Waals surface area (Å²) < 4.78 is 5.37. The van der Waals surface area contributed by atoms with E-state index in [0.717, 1.165) is 48.3 Å². The minimum atomic E-state index is -0.420. The quantitative estimate of drug-likeness (QED) is 0.617. The Kier molecular flexibility index (Phi) is 4.20. The second-order valence-corrected chi connectivity index (χ2v) is 7.40. The van der Waals surface area contributed by atoms with Crippen LogP contribution in [0.4, 0.5) is 5.69 Å². The Morgan fingerprint density at radius 2 is 2.04 bits per heavy atom. The first-order valence-corrected chi connectivity index (χ1v) is 9.34. The van der Waals surface area contributed by atoms with Crippen molar-refractivity contribution < 1.29 is 14.2 Å². The Bertz CT molecular complexity index is 818. The number of carbonyl (C=O) groups is 1. The number of nitro groups is 1. The van der Waals surface area contributed by atoms with Crippen molar-refractivity contribution in [3.63, 3.8) is 0 Å². The summed E-state index contributed by atoms with van der Waals surface area (Å²) in [7, 11) is 0. The molecule has 0 spiro atoms. The highest BCUT2D eigenvalue weighted by Gasteiger charge is 2.35. The van der Waals surface area contributed by atoms with Gasteiger partial charge in [-0.15, -0.1) is 11.8 Å². The van der Waals surface area contributed by atoms with Crippen LogP contribution in [0.3, 0.4) is 0 Å². The van der Waals surface area contributed by atoms with Crippen molar-refractivity contribution >= 4 is 23.4 Å². The molecule has 1 aliphatic carbocycles. The highest BCUT2D eigenvalue weighted by molar-refractivity contribution is 7.99. The van der Waals surface area contributed by atoms with Gasteiger partial charge >= 0.3 is 0 Å². The number of carbonyl (C=O) groups excluding carboxylic acids is 1. The third kappa shape index (κ3) is 2.90. The summed E-state index contributed by atoms with van der Waals surface area (Å²) >= 11 is 1.66.